The number of likely N-dealkylation sites (tertiary alicyclic amines) is 1. The average Bonchev–Trinajstić information content (AvgIpc) is 2.57. The topological polar surface area (TPSA) is 59.8 Å². The van der Waals surface area contributed by atoms with Crippen LogP contribution in [0.2, 0.25) is 10.0 Å². The van der Waals surface area contributed by atoms with Crippen molar-refractivity contribution in [3.63, 3.8) is 0 Å². The second-order valence-corrected chi connectivity index (χ2v) is 6.88. The lowest BCUT2D eigenvalue weighted by atomic mass is 9.97. The van der Waals surface area contributed by atoms with Gasteiger partial charge in [-0.1, -0.05) is 23.2 Å². The van der Waals surface area contributed by atoms with Gasteiger partial charge in [0, 0.05) is 5.02 Å². The van der Waals surface area contributed by atoms with E-state index in [0.29, 0.717) is 28.9 Å². The highest BCUT2D eigenvalue weighted by Crippen LogP contribution is 2.25. The minimum Gasteiger partial charge on any atom is -0.466 e. The Morgan fingerprint density at radius 3 is 2.83 bits per heavy atom. The molecule has 2 rings (SSSR count). The molecule has 5 nitrogen and oxygen atoms in total. The molecule has 1 aromatic rings. The molecule has 1 heterocycles. The van der Waals surface area contributed by atoms with E-state index in [2.05, 4.69) is 5.32 Å². The van der Waals surface area contributed by atoms with Crippen molar-refractivity contribution in [3.05, 3.63) is 28.2 Å². The quantitative estimate of drug-likeness (QED) is 0.777. The number of amides is 1. The summed E-state index contributed by atoms with van der Waals surface area (Å²) in [6.07, 6.45) is 1.72. The summed E-state index contributed by atoms with van der Waals surface area (Å²) in [6, 6.07) is 4.67. The van der Waals surface area contributed by atoms with E-state index < -0.39 is 0 Å². The summed E-state index contributed by atoms with van der Waals surface area (Å²) < 4.78 is 5.11. The molecule has 2 N–H and O–H groups in total. The van der Waals surface area contributed by atoms with Crippen LogP contribution in [0.5, 0.6) is 0 Å². The normalized spacial score (nSPS) is 21.8. The number of rotatable bonds is 5. The molecule has 0 bridgehead atoms. The molecule has 0 saturated carbocycles. The van der Waals surface area contributed by atoms with E-state index in [4.69, 9.17) is 27.9 Å². The standard InChI is InChI=1S/C17H22Cl2N2O3/c1-3-24-17(23)12-5-4-8-21(10-12)11(2)16(22)20-15-7-6-13(18)9-14(15)19/h6-7,9,11-12H,3-5,8,10H2,1-2H3,(H,20,22)/p+1/t11-,12-/m0/s1. The molecule has 1 aromatic carbocycles. The summed E-state index contributed by atoms with van der Waals surface area (Å²) in [5.74, 6) is -0.426. The number of quaternary nitrogens is 1. The van der Waals surface area contributed by atoms with Crippen LogP contribution in [0.3, 0.4) is 0 Å². The lowest BCUT2D eigenvalue weighted by Gasteiger charge is -2.32. The number of esters is 1. The Morgan fingerprint density at radius 2 is 2.17 bits per heavy atom. The largest absolute Gasteiger partial charge is 0.466 e. The van der Waals surface area contributed by atoms with Gasteiger partial charge in [-0.05, 0) is 44.9 Å². The van der Waals surface area contributed by atoms with E-state index in [0.717, 1.165) is 24.3 Å². The molecule has 0 aromatic heterocycles. The zero-order chi connectivity index (χ0) is 17.7. The number of hydrogen-bond donors (Lipinski definition) is 2. The number of carbonyl (C=O) groups is 2. The number of nitrogens with one attached hydrogen (secondary N) is 2. The molecule has 1 saturated heterocycles. The van der Waals surface area contributed by atoms with Crippen LogP contribution in [0.15, 0.2) is 18.2 Å². The minimum absolute atomic E-state index is 0.126. The summed E-state index contributed by atoms with van der Waals surface area (Å²) >= 11 is 12.0. The Balaban J connectivity index is 1.98. The predicted octanol–water partition coefficient (Wildman–Crippen LogP) is 2.18. The second kappa shape index (κ2) is 8.70. The Morgan fingerprint density at radius 1 is 1.42 bits per heavy atom. The fraction of sp³-hybridized carbons (Fsp3) is 0.529. The number of piperidine rings is 1. The van der Waals surface area contributed by atoms with E-state index >= 15 is 0 Å². The minimum atomic E-state index is -0.283. The summed E-state index contributed by atoms with van der Waals surface area (Å²) in [5.41, 5.74) is 0.538. The van der Waals surface area contributed by atoms with Gasteiger partial charge >= 0.3 is 5.97 Å². The van der Waals surface area contributed by atoms with Gasteiger partial charge in [0.1, 0.15) is 5.92 Å². The van der Waals surface area contributed by atoms with Crippen molar-refractivity contribution >= 4 is 40.8 Å². The van der Waals surface area contributed by atoms with E-state index in [1.165, 1.54) is 0 Å². The van der Waals surface area contributed by atoms with Gasteiger partial charge in [0.2, 0.25) is 0 Å². The van der Waals surface area contributed by atoms with Crippen LogP contribution in [-0.2, 0) is 14.3 Å². The van der Waals surface area contributed by atoms with E-state index in [1.807, 2.05) is 6.92 Å². The highest BCUT2D eigenvalue weighted by Gasteiger charge is 2.35. The first-order valence-corrected chi connectivity index (χ1v) is 8.95. The van der Waals surface area contributed by atoms with Crippen LogP contribution >= 0.6 is 23.2 Å². The lowest BCUT2D eigenvalue weighted by molar-refractivity contribution is -0.921. The second-order valence-electron chi connectivity index (χ2n) is 6.04. The number of hydrogen-bond acceptors (Lipinski definition) is 3. The van der Waals surface area contributed by atoms with Crippen molar-refractivity contribution in [2.24, 2.45) is 5.92 Å². The van der Waals surface area contributed by atoms with Gasteiger partial charge in [-0.2, -0.15) is 0 Å². The van der Waals surface area contributed by atoms with Crippen molar-refractivity contribution in [1.29, 1.82) is 0 Å². The molecule has 7 heteroatoms. The lowest BCUT2D eigenvalue weighted by Crippen LogP contribution is -3.18. The Hall–Kier alpha value is -1.30. The average molecular weight is 374 g/mol. The molecule has 1 aliphatic rings. The van der Waals surface area contributed by atoms with Crippen molar-refractivity contribution in [1.82, 2.24) is 0 Å². The highest BCUT2D eigenvalue weighted by atomic mass is 35.5. The zero-order valence-corrected chi connectivity index (χ0v) is 15.4. The molecule has 0 radical (unpaired) electrons. The number of carbonyl (C=O) groups excluding carboxylic acids is 2. The number of ether oxygens (including phenoxy) is 1. The van der Waals surface area contributed by atoms with Crippen LogP contribution in [0.25, 0.3) is 0 Å². The van der Waals surface area contributed by atoms with E-state index in [9.17, 15) is 9.59 Å². The zero-order valence-electron chi connectivity index (χ0n) is 13.9. The molecule has 3 atom stereocenters. The third-order valence-corrected chi connectivity index (χ3v) is 4.92. The maximum Gasteiger partial charge on any atom is 0.314 e. The summed E-state index contributed by atoms with van der Waals surface area (Å²) in [5, 5.41) is 3.76. The number of halogens is 2. The fourth-order valence-corrected chi connectivity index (χ4v) is 3.42. The maximum atomic E-state index is 12.5. The van der Waals surface area contributed by atoms with Gasteiger partial charge in [0.15, 0.2) is 6.04 Å². The molecule has 1 fully saturated rings. The third-order valence-electron chi connectivity index (χ3n) is 4.37. The highest BCUT2D eigenvalue weighted by molar-refractivity contribution is 6.36. The Labute approximate surface area is 152 Å². The van der Waals surface area contributed by atoms with Crippen LogP contribution in [0.1, 0.15) is 26.7 Å². The molecule has 132 valence electrons. The fourth-order valence-electron chi connectivity index (χ4n) is 2.97. The van der Waals surface area contributed by atoms with Crippen molar-refractivity contribution in [2.45, 2.75) is 32.7 Å². The molecule has 24 heavy (non-hydrogen) atoms. The van der Waals surface area contributed by atoms with Gasteiger partial charge in [0.25, 0.3) is 5.91 Å². The molecule has 1 unspecified atom stereocenters. The van der Waals surface area contributed by atoms with Crippen LogP contribution in [-0.4, -0.2) is 37.6 Å². The van der Waals surface area contributed by atoms with Crippen LogP contribution in [0.4, 0.5) is 5.69 Å². The molecular weight excluding hydrogens is 351 g/mol. The monoisotopic (exact) mass is 373 g/mol. The van der Waals surface area contributed by atoms with Crippen molar-refractivity contribution in [3.8, 4) is 0 Å². The van der Waals surface area contributed by atoms with Gasteiger partial charge in [-0.15, -0.1) is 0 Å². The molecule has 1 amide bonds. The SMILES string of the molecule is CCOC(=O)[C@H]1CCC[NH+]([C@@H](C)C(=O)Nc2ccc(Cl)cc2Cl)C1. The van der Waals surface area contributed by atoms with Crippen LogP contribution < -0.4 is 10.2 Å². The number of anilines is 1. The summed E-state index contributed by atoms with van der Waals surface area (Å²) in [4.78, 5) is 25.5. The molecule has 0 aliphatic carbocycles. The smallest absolute Gasteiger partial charge is 0.314 e. The first-order chi connectivity index (χ1) is 11.4. The van der Waals surface area contributed by atoms with Crippen LogP contribution in [0, 0.1) is 5.92 Å². The predicted molar refractivity (Wildman–Crippen MR) is 94.6 cm³/mol. The molecule has 0 spiro atoms. The van der Waals surface area contributed by atoms with Gasteiger partial charge in [-0.25, -0.2) is 0 Å². The first-order valence-electron chi connectivity index (χ1n) is 8.19. The first kappa shape index (κ1) is 19.0. The summed E-state index contributed by atoms with van der Waals surface area (Å²) in [7, 11) is 0. The van der Waals surface area contributed by atoms with Gasteiger partial charge in [-0.3, -0.25) is 9.59 Å². The van der Waals surface area contributed by atoms with Crippen molar-refractivity contribution in [2.75, 3.05) is 25.0 Å². The number of benzene rings is 1. The summed E-state index contributed by atoms with van der Waals surface area (Å²) in [6.45, 7) is 5.52. The van der Waals surface area contributed by atoms with Crippen molar-refractivity contribution < 1.29 is 19.2 Å². The van der Waals surface area contributed by atoms with E-state index in [-0.39, 0.29) is 23.8 Å². The van der Waals surface area contributed by atoms with Gasteiger partial charge in [0.05, 0.1) is 30.4 Å². The Bertz CT molecular complexity index is 609. The molecular formula is C17H23Cl2N2O3+. The van der Waals surface area contributed by atoms with Gasteiger partial charge < -0.3 is 15.0 Å². The third kappa shape index (κ3) is 4.85. The van der Waals surface area contributed by atoms with E-state index in [1.54, 1.807) is 25.1 Å². The maximum absolute atomic E-state index is 12.5. The molecule has 1 aliphatic heterocycles. The Kier molecular flexibility index (Phi) is 6.90.